The van der Waals surface area contributed by atoms with Crippen LogP contribution in [0.4, 0.5) is 11.4 Å². The van der Waals surface area contributed by atoms with Gasteiger partial charge in [-0.2, -0.15) is 5.26 Å². The minimum Gasteiger partial charge on any atom is -0.511 e. The van der Waals surface area contributed by atoms with Gasteiger partial charge in [0.15, 0.2) is 1.41 Å². The van der Waals surface area contributed by atoms with Crippen LogP contribution in [0, 0.1) is 34.3 Å². The highest BCUT2D eigenvalue weighted by Gasteiger charge is 2.29. The van der Waals surface area contributed by atoms with Crippen molar-refractivity contribution < 1.29 is 11.4 Å². The van der Waals surface area contributed by atoms with Gasteiger partial charge in [0, 0.05) is 23.2 Å². The summed E-state index contributed by atoms with van der Waals surface area (Å²) >= 11 is 5.09. The second kappa shape index (κ2) is 5.89. The average Bonchev–Trinajstić information content (AvgIpc) is 3.31. The fraction of sp³-hybridized carbons (Fsp3) is 0.286. The maximum absolute atomic E-state index is 10.8. The zero-order valence-corrected chi connectivity index (χ0v) is 12.1. The van der Waals surface area contributed by atoms with Crippen LogP contribution in [-0.2, 0) is 0 Å². The van der Waals surface area contributed by atoms with Gasteiger partial charge in [-0.3, -0.25) is 10.1 Å². The maximum atomic E-state index is 10.8. The summed E-state index contributed by atoms with van der Waals surface area (Å²) in [6, 6.07) is 5.95. The average molecular weight is 304 g/mol. The normalized spacial score (nSPS) is 15.5. The smallest absolute Gasteiger partial charge is 0.272 e. The Morgan fingerprint density at radius 3 is 2.81 bits per heavy atom. The molecule has 21 heavy (non-hydrogen) atoms. The van der Waals surface area contributed by atoms with Crippen molar-refractivity contribution in [3.05, 3.63) is 45.2 Å². The molecule has 1 saturated carbocycles. The molecule has 0 spiro atoms. The molecule has 1 fully saturated rings. The lowest BCUT2D eigenvalue weighted by Gasteiger charge is -2.09. The predicted octanol–water partition coefficient (Wildman–Crippen LogP) is 3.39. The van der Waals surface area contributed by atoms with Gasteiger partial charge in [-0.1, -0.05) is 12.2 Å². The van der Waals surface area contributed by atoms with Crippen LogP contribution >= 0.6 is 12.2 Å². The van der Waals surface area contributed by atoms with E-state index in [0.29, 0.717) is 11.3 Å². The lowest BCUT2D eigenvalue weighted by Crippen LogP contribution is -2.14. The van der Waals surface area contributed by atoms with Crippen LogP contribution in [0.25, 0.3) is 0 Å². The number of allylic oxidation sites excluding steroid dienone is 1. The van der Waals surface area contributed by atoms with Crippen molar-refractivity contribution in [1.82, 2.24) is 0 Å². The van der Waals surface area contributed by atoms with E-state index in [0.717, 1.165) is 18.2 Å². The summed E-state index contributed by atoms with van der Waals surface area (Å²) in [6.45, 7) is 1.56. The van der Waals surface area contributed by atoms with Gasteiger partial charge in [0.25, 0.3) is 5.69 Å². The van der Waals surface area contributed by atoms with Gasteiger partial charge < -0.3 is 10.4 Å². The molecular formula is C14H13N3O3S. The highest BCUT2D eigenvalue weighted by molar-refractivity contribution is 7.81. The van der Waals surface area contributed by atoms with E-state index in [9.17, 15) is 15.2 Å². The van der Waals surface area contributed by atoms with Crippen molar-refractivity contribution in [1.29, 1.82) is 5.26 Å². The molecule has 0 radical (unpaired) electrons. The molecule has 2 rings (SSSR count). The fourth-order valence-electron chi connectivity index (χ4n) is 1.86. The number of hydrogen-bond acceptors (Lipinski definition) is 5. The molecule has 1 aliphatic carbocycles. The number of hydrogen-bond donors (Lipinski definition) is 2. The molecular weight excluding hydrogens is 290 g/mol. The van der Waals surface area contributed by atoms with Crippen LogP contribution in [0.3, 0.4) is 0 Å². The van der Waals surface area contributed by atoms with E-state index in [-0.39, 0.29) is 27.9 Å². The number of aliphatic hydroxyl groups is 1. The molecule has 0 bridgehead atoms. The number of aryl methyl sites for hydroxylation is 1. The van der Waals surface area contributed by atoms with E-state index in [2.05, 4.69) is 0 Å². The number of nitrogens with one attached hydrogen (secondary N) is 1. The van der Waals surface area contributed by atoms with Gasteiger partial charge in [-0.15, -0.1) is 0 Å². The monoisotopic (exact) mass is 304 g/mol. The molecule has 0 aromatic heterocycles. The lowest BCUT2D eigenvalue weighted by molar-refractivity contribution is -0.385. The van der Waals surface area contributed by atoms with Crippen LogP contribution in [-0.4, -0.2) is 15.0 Å². The highest BCUT2D eigenvalue weighted by atomic mass is 32.1. The number of nitrogens with zero attached hydrogens (tertiary/aromatic N) is 2. The molecule has 6 nitrogen and oxygen atoms in total. The van der Waals surface area contributed by atoms with Gasteiger partial charge in [-0.25, -0.2) is 0 Å². The number of nitriles is 1. The SMILES string of the molecule is [2H]N(C(=S)C(C#N)=C(O)C1CC1)c1ccc([N+](=O)[O-])c(C)c1. The third-order valence-electron chi connectivity index (χ3n) is 3.15. The topological polar surface area (TPSA) is 99.2 Å². The summed E-state index contributed by atoms with van der Waals surface area (Å²) in [6.07, 6.45) is 1.60. The Hall–Kier alpha value is -2.46. The Balaban J connectivity index is 2.31. The van der Waals surface area contributed by atoms with Crippen molar-refractivity contribution in [2.24, 2.45) is 5.92 Å². The number of rotatable bonds is 4. The van der Waals surface area contributed by atoms with Crippen LogP contribution in [0.5, 0.6) is 0 Å². The van der Waals surface area contributed by atoms with Crippen LogP contribution in [0.15, 0.2) is 29.5 Å². The molecule has 2 N–H and O–H groups in total. The Morgan fingerprint density at radius 2 is 2.33 bits per heavy atom. The van der Waals surface area contributed by atoms with Gasteiger partial charge in [0.05, 0.1) is 4.92 Å². The molecule has 0 amide bonds. The third-order valence-corrected chi connectivity index (χ3v) is 3.45. The fourth-order valence-corrected chi connectivity index (χ4v) is 2.12. The largest absolute Gasteiger partial charge is 0.511 e. The minimum absolute atomic E-state index is 0.0556. The van der Waals surface area contributed by atoms with E-state index in [4.69, 9.17) is 18.9 Å². The number of thiocarbonyl (C=S) groups is 1. The first-order valence-corrected chi connectivity index (χ1v) is 6.69. The van der Waals surface area contributed by atoms with E-state index >= 15 is 0 Å². The van der Waals surface area contributed by atoms with E-state index in [1.54, 1.807) is 6.92 Å². The van der Waals surface area contributed by atoms with Crippen molar-refractivity contribution in [3.63, 3.8) is 0 Å². The molecule has 1 aromatic rings. The van der Waals surface area contributed by atoms with Crippen LogP contribution in [0.1, 0.15) is 18.4 Å². The molecule has 0 unspecified atom stereocenters. The zero-order chi connectivity index (χ0) is 16.4. The summed E-state index contributed by atoms with van der Waals surface area (Å²) in [7, 11) is 0. The number of anilines is 1. The molecule has 7 heteroatoms. The molecule has 1 aliphatic rings. The first-order chi connectivity index (χ1) is 10.4. The molecule has 0 aliphatic heterocycles. The van der Waals surface area contributed by atoms with E-state index in [1.165, 1.54) is 18.2 Å². The molecule has 0 heterocycles. The second-order valence-corrected chi connectivity index (χ2v) is 5.18. The molecule has 1 aromatic carbocycles. The predicted molar refractivity (Wildman–Crippen MR) is 82.0 cm³/mol. The Labute approximate surface area is 128 Å². The third kappa shape index (κ3) is 3.35. The van der Waals surface area contributed by atoms with Crippen LogP contribution < -0.4 is 5.31 Å². The van der Waals surface area contributed by atoms with E-state index < -0.39 is 4.92 Å². The first kappa shape index (κ1) is 13.5. The molecule has 0 atom stereocenters. The minimum atomic E-state index is -0.509. The van der Waals surface area contributed by atoms with Crippen molar-refractivity contribution in [2.75, 3.05) is 5.31 Å². The van der Waals surface area contributed by atoms with Crippen molar-refractivity contribution >= 4 is 28.6 Å². The summed E-state index contributed by atoms with van der Waals surface area (Å²) in [5.74, 6) is -0.136. The van der Waals surface area contributed by atoms with Gasteiger partial charge in [0.2, 0.25) is 0 Å². The summed E-state index contributed by atoms with van der Waals surface area (Å²) in [5, 5.41) is 30.7. The maximum Gasteiger partial charge on any atom is 0.272 e. The lowest BCUT2D eigenvalue weighted by atomic mass is 10.1. The standard InChI is InChI=1S/C14H13N3O3S/c1-8-6-10(4-5-12(8)17(19)20)16-14(21)11(7-15)13(18)9-2-3-9/h4-6,9,18H,2-3H2,1H3,(H,16,21)/i/hD. The zero-order valence-electron chi connectivity index (χ0n) is 12.2. The number of benzene rings is 1. The number of nitro groups is 1. The quantitative estimate of drug-likeness (QED) is 0.221. The van der Waals surface area contributed by atoms with Crippen molar-refractivity contribution in [2.45, 2.75) is 19.8 Å². The molecule has 108 valence electrons. The van der Waals surface area contributed by atoms with Gasteiger partial charge in [-0.05, 0) is 31.9 Å². The second-order valence-electron chi connectivity index (χ2n) is 4.79. The number of aliphatic hydroxyl groups excluding tert-OH is 1. The van der Waals surface area contributed by atoms with Crippen molar-refractivity contribution in [3.8, 4) is 6.07 Å². The number of nitro benzene ring substituents is 1. The van der Waals surface area contributed by atoms with E-state index in [1.807, 2.05) is 6.07 Å². The Kier molecular flexibility index (Phi) is 3.79. The van der Waals surface area contributed by atoms with Crippen LogP contribution in [0.2, 0.25) is 1.41 Å². The summed E-state index contributed by atoms with van der Waals surface area (Å²) < 4.78 is 8.01. The van der Waals surface area contributed by atoms with Gasteiger partial charge in [0.1, 0.15) is 22.4 Å². The Morgan fingerprint density at radius 1 is 1.67 bits per heavy atom. The Bertz CT molecular complexity index is 723. The van der Waals surface area contributed by atoms with Gasteiger partial charge >= 0.3 is 0 Å². The summed E-state index contributed by atoms with van der Waals surface area (Å²) in [5.41, 5.74) is 0.532. The summed E-state index contributed by atoms with van der Waals surface area (Å²) in [4.78, 5) is 10.2. The highest BCUT2D eigenvalue weighted by Crippen LogP contribution is 2.36. The first-order valence-electron chi connectivity index (χ1n) is 6.73. The molecule has 0 saturated heterocycles.